The highest BCUT2D eigenvalue weighted by Gasteiger charge is 2.37. The van der Waals surface area contributed by atoms with Crippen LogP contribution < -0.4 is 41.4 Å². The number of halogens is 1. The molecule has 36 nitrogen and oxygen atoms in total. The molecule has 9 aromatic rings. The van der Waals surface area contributed by atoms with E-state index < -0.39 is 30.6 Å². The number of hydrogen-bond donors (Lipinski definition) is 6. The molecule has 0 radical (unpaired) electrons. The number of carbonyl (C=O) groups is 3. The zero-order valence-corrected chi connectivity index (χ0v) is 73.6. The van der Waals surface area contributed by atoms with Crippen LogP contribution in [0, 0.1) is 26.6 Å². The van der Waals surface area contributed by atoms with Gasteiger partial charge in [0.1, 0.15) is 39.8 Å². The number of fused-ring (bicyclic) bond motifs is 3. The molecule has 0 saturated carbocycles. The Morgan fingerprint density at radius 2 is 0.911 bits per heavy atom. The van der Waals surface area contributed by atoms with Gasteiger partial charge >= 0.3 is 0 Å². The van der Waals surface area contributed by atoms with Gasteiger partial charge < -0.3 is 60.6 Å². The lowest BCUT2D eigenvalue weighted by Crippen LogP contribution is -2.59. The molecule has 39 heteroatoms. The first-order valence-electron chi connectivity index (χ1n) is 41.2. The Kier molecular flexibility index (Phi) is 27.7. The van der Waals surface area contributed by atoms with Crippen LogP contribution in [0.2, 0.25) is 0 Å². The number of ether oxygens (including phenoxy) is 4. The molecule has 8 aromatic heterocycles. The molecular weight excluding hydrogens is 1630 g/mol. The van der Waals surface area contributed by atoms with Crippen molar-refractivity contribution >= 4 is 107 Å². The van der Waals surface area contributed by atoms with Crippen LogP contribution in [0.3, 0.4) is 0 Å². The van der Waals surface area contributed by atoms with Crippen LogP contribution in [0.4, 0.5) is 56.8 Å². The molecule has 12 heterocycles. The Morgan fingerprint density at radius 1 is 0.516 bits per heavy atom. The second-order valence-electron chi connectivity index (χ2n) is 31.6. The van der Waals surface area contributed by atoms with Gasteiger partial charge in [-0.2, -0.15) is 4.09 Å². The lowest BCUT2D eigenvalue weighted by Gasteiger charge is -2.44. The van der Waals surface area contributed by atoms with Gasteiger partial charge in [-0.25, -0.2) is 66.1 Å². The van der Waals surface area contributed by atoms with E-state index in [1.54, 1.807) is 56.1 Å². The number of aryl methyl sites for hydroxylation is 4. The summed E-state index contributed by atoms with van der Waals surface area (Å²) in [5.74, 6) is 1.95. The SMILES string of the molecule is CCC(C(=O)Nc1nccc2c1CC=C2c1nc(Nc2cccc(S(C)(=O)=O)c2F)ncc1C)N1CCN(C2COC2)CC1.CCC(C(=O)Nc1nccc2c1CC=C2c1nc(Nc2cn(S(C)(=O)=O)nc2OC)ncc1C)N1CCN(C)CC1.COCC(C(=O)Nc1nccc2c1CC=C2c1nc(Nc2cn(C)nc2OC)ncc1C)N1CCN(C)CC1. The molecule has 4 aliphatic heterocycles. The maximum Gasteiger partial charge on any atom is 0.257 e. The summed E-state index contributed by atoms with van der Waals surface area (Å²) in [5.41, 5.74) is 14.1. The molecule has 656 valence electrons. The van der Waals surface area contributed by atoms with Gasteiger partial charge in [0.05, 0.1) is 93.6 Å². The van der Waals surface area contributed by atoms with E-state index in [-0.39, 0.29) is 59.3 Å². The predicted molar refractivity (Wildman–Crippen MR) is 469 cm³/mol. The molecule has 6 N–H and O–H groups in total. The number of piperazine rings is 3. The van der Waals surface area contributed by atoms with Gasteiger partial charge in [-0.15, -0.1) is 10.2 Å². The fraction of sp³-hybridized carbons (Fsp3) is 0.435. The van der Waals surface area contributed by atoms with Crippen molar-refractivity contribution in [3.8, 4) is 11.8 Å². The first-order valence-corrected chi connectivity index (χ1v) is 45.0. The van der Waals surface area contributed by atoms with Gasteiger partial charge in [-0.1, -0.05) is 38.1 Å². The number of methoxy groups -OCH3 is 3. The maximum absolute atomic E-state index is 15.0. The summed E-state index contributed by atoms with van der Waals surface area (Å²) in [4.78, 5) is 94.5. The summed E-state index contributed by atoms with van der Waals surface area (Å²) in [6, 6.07) is 9.57. The lowest BCUT2D eigenvalue weighted by atomic mass is 10.0. The van der Waals surface area contributed by atoms with Crippen LogP contribution >= 0.6 is 0 Å². The predicted octanol–water partition coefficient (Wildman–Crippen LogP) is 6.93. The second-order valence-corrected chi connectivity index (χ2v) is 35.4. The van der Waals surface area contributed by atoms with E-state index in [0.29, 0.717) is 90.4 Å². The zero-order valence-electron chi connectivity index (χ0n) is 71.9. The number of allylic oxidation sites excluding steroid dienone is 3. The first kappa shape index (κ1) is 88.8. The third-order valence-corrected chi connectivity index (χ3v) is 25.1. The van der Waals surface area contributed by atoms with Crippen molar-refractivity contribution in [1.82, 2.24) is 93.2 Å². The normalized spacial score (nSPS) is 17.2. The average Bonchev–Trinajstić information content (AvgIpc) is 1.61. The van der Waals surface area contributed by atoms with E-state index >= 15 is 0 Å². The van der Waals surface area contributed by atoms with Crippen LogP contribution in [-0.2, 0) is 70.0 Å². The highest BCUT2D eigenvalue weighted by atomic mass is 32.2. The number of pyridine rings is 3. The quantitative estimate of drug-likeness (QED) is 0.0304. The Labute approximate surface area is 720 Å². The van der Waals surface area contributed by atoms with Gasteiger partial charge in [-0.3, -0.25) is 38.7 Å². The molecule has 7 aliphatic rings. The van der Waals surface area contributed by atoms with Crippen molar-refractivity contribution in [1.29, 1.82) is 0 Å². The number of likely N-dealkylation sites (N-methyl/N-ethyl adjacent to an activating group) is 2. The van der Waals surface area contributed by atoms with Gasteiger partial charge in [0, 0.05) is 170 Å². The molecule has 3 atom stereocenters. The maximum atomic E-state index is 15.0. The van der Waals surface area contributed by atoms with Crippen LogP contribution in [0.15, 0.2) is 109 Å². The third kappa shape index (κ3) is 20.0. The summed E-state index contributed by atoms with van der Waals surface area (Å²) < 4.78 is 86.6. The topological polar surface area (TPSA) is 400 Å². The van der Waals surface area contributed by atoms with Crippen LogP contribution in [-0.4, -0.2) is 298 Å². The van der Waals surface area contributed by atoms with E-state index in [9.17, 15) is 35.6 Å². The Balaban J connectivity index is 0.000000152. The Hall–Kier alpha value is -11.5. The second kappa shape index (κ2) is 38.7. The fourth-order valence-electron chi connectivity index (χ4n) is 16.3. The van der Waals surface area contributed by atoms with E-state index in [1.165, 1.54) is 31.5 Å². The van der Waals surface area contributed by atoms with E-state index in [2.05, 4.69) is 133 Å². The molecule has 0 spiro atoms. The molecule has 124 heavy (non-hydrogen) atoms. The van der Waals surface area contributed by atoms with Gasteiger partial charge in [0.2, 0.25) is 35.6 Å². The number of amides is 3. The van der Waals surface area contributed by atoms with E-state index in [1.807, 2.05) is 72.1 Å². The lowest BCUT2D eigenvalue weighted by molar-refractivity contribution is -0.124. The number of rotatable bonds is 27. The molecule has 0 bridgehead atoms. The van der Waals surface area contributed by atoms with Crippen molar-refractivity contribution in [2.45, 2.75) is 95.8 Å². The smallest absolute Gasteiger partial charge is 0.257 e. The number of anilines is 9. The molecule has 3 aliphatic carbocycles. The molecule has 1 aromatic carbocycles. The summed E-state index contributed by atoms with van der Waals surface area (Å²) in [6.45, 7) is 22.4. The van der Waals surface area contributed by atoms with Crippen molar-refractivity contribution in [2.24, 2.45) is 7.05 Å². The Morgan fingerprint density at radius 3 is 1.30 bits per heavy atom. The molecule has 4 saturated heterocycles. The highest BCUT2D eigenvalue weighted by molar-refractivity contribution is 7.90. The minimum atomic E-state index is -3.75. The number of hydrogen-bond acceptors (Lipinski definition) is 31. The highest BCUT2D eigenvalue weighted by Crippen LogP contribution is 2.41. The number of nitrogens with one attached hydrogen (secondary N) is 6. The minimum Gasteiger partial charge on any atom is -0.478 e. The Bertz CT molecular complexity index is 5800. The van der Waals surface area contributed by atoms with Crippen molar-refractivity contribution in [3.63, 3.8) is 0 Å². The summed E-state index contributed by atoms with van der Waals surface area (Å²) in [5, 5.41) is 26.6. The van der Waals surface area contributed by atoms with Crippen LogP contribution in [0.5, 0.6) is 11.8 Å². The molecule has 4 fully saturated rings. The van der Waals surface area contributed by atoms with Crippen molar-refractivity contribution in [2.75, 3.05) is 178 Å². The van der Waals surface area contributed by atoms with E-state index in [4.69, 9.17) is 28.9 Å². The molecule has 3 amide bonds. The molecule has 16 rings (SSSR count). The largest absolute Gasteiger partial charge is 0.478 e. The van der Waals surface area contributed by atoms with Gasteiger partial charge in [0.15, 0.2) is 15.7 Å². The zero-order chi connectivity index (χ0) is 87.8. The van der Waals surface area contributed by atoms with Crippen molar-refractivity contribution in [3.05, 3.63) is 177 Å². The number of nitrogens with zero attached hydrogens (tertiary/aromatic N) is 19. The number of benzene rings is 1. The summed E-state index contributed by atoms with van der Waals surface area (Å²) >= 11 is 0. The summed E-state index contributed by atoms with van der Waals surface area (Å²) in [7, 11) is 3.27. The monoisotopic (exact) mass is 1740 g/mol. The summed E-state index contributed by atoms with van der Waals surface area (Å²) in [6.07, 6.45) is 24.8. The number of sulfone groups is 1. The minimum absolute atomic E-state index is 0.0401. The number of carbonyl (C=O) groups excluding carboxylic acids is 3. The first-order chi connectivity index (χ1) is 59.6. The van der Waals surface area contributed by atoms with Crippen molar-refractivity contribution < 1.29 is 54.6 Å². The van der Waals surface area contributed by atoms with Gasteiger partial charge in [-0.05, 0) is 131 Å². The average molecular weight is 1740 g/mol. The molecule has 3 unspecified atom stereocenters. The van der Waals surface area contributed by atoms with E-state index in [0.717, 1.165) is 187 Å². The van der Waals surface area contributed by atoms with Crippen LogP contribution in [0.25, 0.3) is 16.7 Å². The van der Waals surface area contributed by atoms with Crippen LogP contribution in [0.1, 0.15) is 93.8 Å². The number of aromatic nitrogens is 13. The molecular formula is C85H106FN25O11S2. The fourth-order valence-corrected chi connectivity index (χ4v) is 17.5. The third-order valence-electron chi connectivity index (χ3n) is 23.1. The van der Waals surface area contributed by atoms with Gasteiger partial charge in [0.25, 0.3) is 21.8 Å². The standard InChI is InChI=1S/C31H36FN7O4S.C27H35N9O4S.C27H35N9O3/c1-4-25(39-14-12-38(13-15-39)20-17-43-18-20)30(40)37-29-23-9-8-22(21(23)10-11-33-29)28-19(2)16-34-31(36-28)35-24-6-5-7-26(27(24)32)44(3,41)42;1-6-22(35-13-11-34(3)12-14-35)25(37)32-24-20-8-7-19(18(20)9-10-28-24)23-17(2)15-29-27(31-23)30-21-16-36(41(5,38)39)33-26(21)40-4;1-17-14-29-27(30-21-15-35(3)33-26(21)39-5)31-23(17)19-6-7-20-18(19)8-9-28-24(20)32-25(37)22(16-38-4)36-12-10-34(2)11-13-36/h5-8,10-11,16,20,25H,4,9,12-15,17-18H2,1-3H3,(H,33,37,40)(H,34,35,36);7,9-10,15-16,22H,6,8,11-14H2,1-5H3,(H,28,32,37)(H,29,30,31);6,8-9,14-15,22H,7,10-13,16H2,1-5H3,(H,28,32,37)(H,29,30,31).